The van der Waals surface area contributed by atoms with Gasteiger partial charge in [0.05, 0.1) is 36.5 Å². The largest absolute Gasteiger partial charge is 0.507 e. The zero-order chi connectivity index (χ0) is 42.6. The average Bonchev–Trinajstić information content (AvgIpc) is 3.26. The number of aromatic hydroxyl groups is 3. The maximum atomic E-state index is 11.2. The van der Waals surface area contributed by atoms with Gasteiger partial charge in [-0.1, -0.05) is 117 Å². The number of hydrogen-bond donors (Lipinski definition) is 3. The first-order chi connectivity index (χ1) is 29.4. The molecule has 3 N–H and O–H groups in total. The second-order valence-electron chi connectivity index (χ2n) is 15.0. The second kappa shape index (κ2) is 28.0. The molecule has 0 aliphatic carbocycles. The number of phenols is 3. The second-order valence-corrected chi connectivity index (χ2v) is 15.0. The highest BCUT2D eigenvalue weighted by molar-refractivity contribution is 5.74. The molecular weight excluding hydrogens is 757 g/mol. The molecule has 0 saturated carbocycles. The van der Waals surface area contributed by atoms with Crippen molar-refractivity contribution in [3.8, 4) is 68.7 Å². The molecule has 0 bridgehead atoms. The van der Waals surface area contributed by atoms with Crippen LogP contribution in [0, 0.1) is 0 Å². The van der Waals surface area contributed by atoms with Gasteiger partial charge in [-0.05, 0) is 55.7 Å². The van der Waals surface area contributed by atoms with Crippen LogP contribution in [0.2, 0.25) is 0 Å². The molecule has 3 aromatic carbocycles. The van der Waals surface area contributed by atoms with E-state index in [-0.39, 0.29) is 34.7 Å². The molecule has 12 nitrogen and oxygen atoms in total. The number of aromatic nitrogens is 6. The number of rotatable bonds is 27. The van der Waals surface area contributed by atoms with Gasteiger partial charge >= 0.3 is 0 Å². The van der Waals surface area contributed by atoms with E-state index in [1.54, 1.807) is 54.6 Å². The quantitative estimate of drug-likeness (QED) is 0.0430. The van der Waals surface area contributed by atoms with Gasteiger partial charge in [0.1, 0.15) is 53.5 Å². The van der Waals surface area contributed by atoms with Crippen molar-refractivity contribution in [1.29, 1.82) is 0 Å². The van der Waals surface area contributed by atoms with Crippen molar-refractivity contribution in [3.05, 3.63) is 73.6 Å². The molecule has 0 unspecified atom stereocenters. The van der Waals surface area contributed by atoms with E-state index in [0.717, 1.165) is 38.5 Å². The van der Waals surface area contributed by atoms with Crippen molar-refractivity contribution in [3.63, 3.8) is 0 Å². The molecule has 0 radical (unpaired) electrons. The zero-order valence-corrected chi connectivity index (χ0v) is 36.0. The summed E-state index contributed by atoms with van der Waals surface area (Å²) in [7, 11) is 0. The third-order valence-electron chi connectivity index (χ3n) is 9.97. The minimum absolute atomic E-state index is 0.0520. The lowest BCUT2D eigenvalue weighted by Gasteiger charge is -2.13. The lowest BCUT2D eigenvalue weighted by Crippen LogP contribution is -2.02. The van der Waals surface area contributed by atoms with E-state index in [9.17, 15) is 15.3 Å². The summed E-state index contributed by atoms with van der Waals surface area (Å²) >= 11 is 0. The van der Waals surface area contributed by atoms with E-state index in [2.05, 4.69) is 35.7 Å². The average molecular weight is 823 g/mol. The van der Waals surface area contributed by atoms with Gasteiger partial charge in [0.15, 0.2) is 17.5 Å². The van der Waals surface area contributed by atoms with E-state index >= 15 is 0 Å². The zero-order valence-electron chi connectivity index (χ0n) is 36.0. The summed E-state index contributed by atoms with van der Waals surface area (Å²) in [5, 5.41) is 33.5. The van der Waals surface area contributed by atoms with Crippen molar-refractivity contribution in [1.82, 2.24) is 29.9 Å². The highest BCUT2D eigenvalue weighted by Crippen LogP contribution is 2.38. The lowest BCUT2D eigenvalue weighted by molar-refractivity contribution is 0.302. The Morgan fingerprint density at radius 2 is 0.633 bits per heavy atom. The van der Waals surface area contributed by atoms with Crippen LogP contribution in [0.3, 0.4) is 0 Å². The number of ether oxygens (including phenoxy) is 3. The monoisotopic (exact) mass is 823 g/mol. The first-order valence-electron chi connectivity index (χ1n) is 22.1. The SMILES string of the molecule is CCCCCCCCOc1ccc(-c2nc(-c3ccc(OCCCCCCCC)cc3O)nc(-c3ccc(OCCCCCCCC)cc3O)n2)c(O)c1.c1ncncn1. The van der Waals surface area contributed by atoms with Gasteiger partial charge in [0.25, 0.3) is 0 Å². The van der Waals surface area contributed by atoms with Crippen LogP contribution in [0.25, 0.3) is 34.2 Å². The van der Waals surface area contributed by atoms with Crippen LogP contribution in [0.5, 0.6) is 34.5 Å². The molecule has 0 amide bonds. The summed E-state index contributed by atoms with van der Waals surface area (Å²) < 4.78 is 17.8. The molecular formula is C48H66N6O6. The first kappa shape index (κ1) is 47.2. The van der Waals surface area contributed by atoms with Crippen LogP contribution in [0.4, 0.5) is 0 Å². The summed E-state index contributed by atoms with van der Waals surface area (Å²) in [6.45, 7) is 8.34. The molecule has 0 saturated heterocycles. The van der Waals surface area contributed by atoms with Crippen LogP contribution in [-0.2, 0) is 0 Å². The van der Waals surface area contributed by atoms with Gasteiger partial charge < -0.3 is 29.5 Å². The molecule has 2 heterocycles. The molecule has 0 aliphatic heterocycles. The standard InChI is InChI=1S/C45H63N3O6.C3H3N3/c1-4-7-10-13-16-19-28-52-34-22-25-37(40(49)31-34)43-46-44(38-26-23-35(32-41(38)50)53-29-20-17-14-11-8-5-2)48-45(47-43)39-27-24-36(33-42(39)51)54-30-21-18-15-12-9-6-3;1-4-2-6-3-5-1/h22-27,31-33,49-51H,4-21,28-30H2,1-3H3;1-3H. The molecule has 2 aromatic heterocycles. The summed E-state index contributed by atoms with van der Waals surface area (Å²) in [6.07, 6.45) is 25.2. The molecule has 0 aliphatic rings. The molecule has 60 heavy (non-hydrogen) atoms. The third-order valence-corrected chi connectivity index (χ3v) is 9.97. The summed E-state index contributed by atoms with van der Waals surface area (Å²) in [6, 6.07) is 15.2. The highest BCUT2D eigenvalue weighted by Gasteiger charge is 2.19. The maximum absolute atomic E-state index is 11.2. The highest BCUT2D eigenvalue weighted by atomic mass is 16.5. The number of unbranched alkanes of at least 4 members (excludes halogenated alkanes) is 15. The van der Waals surface area contributed by atoms with Crippen LogP contribution in [-0.4, -0.2) is 65.0 Å². The Labute approximate surface area is 356 Å². The molecule has 0 atom stereocenters. The van der Waals surface area contributed by atoms with Gasteiger partial charge in [0.2, 0.25) is 0 Å². The van der Waals surface area contributed by atoms with Crippen LogP contribution < -0.4 is 14.2 Å². The topological polar surface area (TPSA) is 166 Å². The Morgan fingerprint density at radius 1 is 0.367 bits per heavy atom. The maximum Gasteiger partial charge on any atom is 0.167 e. The van der Waals surface area contributed by atoms with Gasteiger partial charge in [0, 0.05) is 18.2 Å². The minimum Gasteiger partial charge on any atom is -0.507 e. The molecule has 12 heteroatoms. The number of phenolic OH excluding ortho intramolecular Hbond substituents is 3. The van der Waals surface area contributed by atoms with Crippen molar-refractivity contribution in [2.75, 3.05) is 19.8 Å². The van der Waals surface area contributed by atoms with Crippen molar-refractivity contribution >= 4 is 0 Å². The molecule has 0 spiro atoms. The van der Waals surface area contributed by atoms with E-state index in [4.69, 9.17) is 29.2 Å². The van der Waals surface area contributed by atoms with Gasteiger partial charge in [-0.2, -0.15) is 0 Å². The normalized spacial score (nSPS) is 10.8. The van der Waals surface area contributed by atoms with Gasteiger partial charge in [-0.15, -0.1) is 0 Å². The Hall–Kier alpha value is -5.52. The van der Waals surface area contributed by atoms with Crippen molar-refractivity contribution < 1.29 is 29.5 Å². The Morgan fingerprint density at radius 3 is 0.883 bits per heavy atom. The first-order valence-corrected chi connectivity index (χ1v) is 22.1. The summed E-state index contributed by atoms with van der Waals surface area (Å²) in [4.78, 5) is 24.8. The van der Waals surface area contributed by atoms with E-state index in [1.807, 2.05) is 0 Å². The Bertz CT molecular complexity index is 1700. The Kier molecular flexibility index (Phi) is 22.0. The van der Waals surface area contributed by atoms with Crippen LogP contribution >= 0.6 is 0 Å². The van der Waals surface area contributed by atoms with E-state index < -0.39 is 0 Å². The molecule has 5 rings (SSSR count). The third kappa shape index (κ3) is 17.0. The van der Waals surface area contributed by atoms with Gasteiger partial charge in [-0.3, -0.25) is 0 Å². The number of nitrogens with zero attached hydrogens (tertiary/aromatic N) is 6. The summed E-state index contributed by atoms with van der Waals surface area (Å²) in [5.41, 5.74) is 1.09. The van der Waals surface area contributed by atoms with Crippen molar-refractivity contribution in [2.45, 2.75) is 136 Å². The smallest absolute Gasteiger partial charge is 0.167 e. The van der Waals surface area contributed by atoms with E-state index in [0.29, 0.717) is 53.8 Å². The fraction of sp³-hybridized carbons (Fsp3) is 0.500. The Balaban J connectivity index is 0.00000121. The van der Waals surface area contributed by atoms with Crippen LogP contribution in [0.15, 0.2) is 73.6 Å². The van der Waals surface area contributed by atoms with Gasteiger partial charge in [-0.25, -0.2) is 29.9 Å². The molecule has 324 valence electrons. The predicted molar refractivity (Wildman–Crippen MR) is 238 cm³/mol. The summed E-state index contributed by atoms with van der Waals surface area (Å²) in [5.74, 6) is 2.06. The van der Waals surface area contributed by atoms with Crippen molar-refractivity contribution in [2.24, 2.45) is 0 Å². The number of benzene rings is 3. The lowest BCUT2D eigenvalue weighted by atomic mass is 10.1. The molecule has 5 aromatic rings. The molecule has 0 fully saturated rings. The van der Waals surface area contributed by atoms with Crippen LogP contribution in [0.1, 0.15) is 136 Å². The number of hydrogen-bond acceptors (Lipinski definition) is 12. The fourth-order valence-electron chi connectivity index (χ4n) is 6.53. The fourth-order valence-corrected chi connectivity index (χ4v) is 6.53. The minimum atomic E-state index is -0.0520. The van der Waals surface area contributed by atoms with E-state index in [1.165, 1.54) is 96.0 Å². The predicted octanol–water partition coefficient (Wildman–Crippen LogP) is 12.1.